The molecular weight excluding hydrogens is 1040 g/mol. The van der Waals surface area contributed by atoms with Crippen molar-refractivity contribution >= 4 is 139 Å². The number of nitro groups is 2. The molecule has 15 nitrogen and oxygen atoms in total. The van der Waals surface area contributed by atoms with Crippen LogP contribution in [0.5, 0.6) is 23.3 Å². The van der Waals surface area contributed by atoms with Gasteiger partial charge >= 0.3 is 11.4 Å². The van der Waals surface area contributed by atoms with E-state index < -0.39 is 22.1 Å². The monoisotopic (exact) mass is 1070 g/mol. The number of benzene rings is 2. The summed E-state index contributed by atoms with van der Waals surface area (Å²) in [6.07, 6.45) is 0.903. The summed E-state index contributed by atoms with van der Waals surface area (Å²) in [5.41, 5.74) is -0.0777. The molecule has 2 unspecified atom stereocenters. The van der Waals surface area contributed by atoms with E-state index in [1.165, 1.54) is 48.6 Å². The van der Waals surface area contributed by atoms with Crippen molar-refractivity contribution in [1.82, 2.24) is 9.97 Å². The van der Waals surface area contributed by atoms with Gasteiger partial charge < -0.3 is 34.3 Å². The summed E-state index contributed by atoms with van der Waals surface area (Å²) in [5, 5.41) is 29.2. The molecule has 4 rings (SSSR count). The highest BCUT2D eigenvalue weighted by Gasteiger charge is 2.29. The van der Waals surface area contributed by atoms with Crippen LogP contribution in [0.1, 0.15) is 50.0 Å². The van der Waals surface area contributed by atoms with E-state index in [9.17, 15) is 20.2 Å². The first-order valence-corrected chi connectivity index (χ1v) is 22.1. The van der Waals surface area contributed by atoms with Crippen LogP contribution in [0.15, 0.2) is 57.5 Å². The Morgan fingerprint density at radius 2 is 1.03 bits per heavy atom. The van der Waals surface area contributed by atoms with Crippen molar-refractivity contribution in [3.05, 3.63) is 119 Å². The van der Waals surface area contributed by atoms with Crippen molar-refractivity contribution in [2.75, 3.05) is 50.2 Å². The Balaban J connectivity index is 1.66. The molecule has 2 N–H and O–H groups in total. The Morgan fingerprint density at radius 1 is 0.651 bits per heavy atom. The number of aromatic nitrogens is 2. The van der Waals surface area contributed by atoms with E-state index in [0.29, 0.717) is 13.1 Å². The molecular formula is C38H34Cl10N6O9. The highest BCUT2D eigenvalue weighted by molar-refractivity contribution is 6.56. The molecule has 2 aromatic heterocycles. The maximum absolute atomic E-state index is 11.7. The molecule has 63 heavy (non-hydrogen) atoms. The van der Waals surface area contributed by atoms with Gasteiger partial charge in [0.25, 0.3) is 0 Å². The van der Waals surface area contributed by atoms with E-state index in [2.05, 4.69) is 20.6 Å². The zero-order valence-corrected chi connectivity index (χ0v) is 40.2. The van der Waals surface area contributed by atoms with Crippen LogP contribution < -0.4 is 29.6 Å². The number of nitrogens with one attached hydrogen (secondary N) is 2. The molecule has 0 fully saturated rings. The molecule has 340 valence electrons. The molecule has 0 spiro atoms. The van der Waals surface area contributed by atoms with Crippen LogP contribution in [-0.4, -0.2) is 59.3 Å². The minimum absolute atomic E-state index is 0.00466. The Hall–Kier alpha value is -3.32. The molecule has 0 aliphatic carbocycles. The van der Waals surface area contributed by atoms with Gasteiger partial charge in [0.2, 0.25) is 23.4 Å². The van der Waals surface area contributed by atoms with Gasteiger partial charge in [-0.1, -0.05) is 116 Å². The second kappa shape index (κ2) is 25.4. The quantitative estimate of drug-likeness (QED) is 0.0293. The molecule has 2 heterocycles. The van der Waals surface area contributed by atoms with Gasteiger partial charge in [-0.2, -0.15) is 9.97 Å². The third kappa shape index (κ3) is 14.8. The van der Waals surface area contributed by atoms with Gasteiger partial charge in [-0.25, -0.2) is 0 Å². The van der Waals surface area contributed by atoms with Gasteiger partial charge in [-0.05, 0) is 26.0 Å². The molecule has 0 aliphatic heterocycles. The number of hydrogen-bond donors (Lipinski definition) is 2. The summed E-state index contributed by atoms with van der Waals surface area (Å²) in [5.74, 6) is 0.170. The molecule has 0 saturated carbocycles. The van der Waals surface area contributed by atoms with E-state index in [4.69, 9.17) is 140 Å². The number of rotatable bonds is 24. The molecule has 2 aromatic carbocycles. The molecule has 0 aliphatic rings. The van der Waals surface area contributed by atoms with Crippen LogP contribution in [0.2, 0.25) is 30.1 Å². The molecule has 0 bridgehead atoms. The molecule has 2 atom stereocenters. The highest BCUT2D eigenvalue weighted by atomic mass is 35.5. The lowest BCUT2D eigenvalue weighted by Crippen LogP contribution is -2.16. The first-order valence-electron chi connectivity index (χ1n) is 18.3. The molecule has 0 radical (unpaired) electrons. The average Bonchev–Trinajstić information content (AvgIpc) is 3.21. The van der Waals surface area contributed by atoms with Crippen LogP contribution in [0.25, 0.3) is 0 Å². The molecule has 4 aromatic rings. The van der Waals surface area contributed by atoms with E-state index in [0.717, 1.165) is 0 Å². The lowest BCUT2D eigenvalue weighted by molar-refractivity contribution is -0.384. The Labute approximate surface area is 411 Å². The Bertz CT molecular complexity index is 2180. The van der Waals surface area contributed by atoms with Crippen molar-refractivity contribution in [3.8, 4) is 23.3 Å². The number of halogens is 10. The Morgan fingerprint density at radius 3 is 1.37 bits per heavy atom. The number of anilines is 2. The van der Waals surface area contributed by atoms with Gasteiger partial charge in [0.15, 0.2) is 0 Å². The number of nitrogens with zero attached hydrogens (tertiary/aromatic N) is 4. The predicted molar refractivity (Wildman–Crippen MR) is 250 cm³/mol. The molecule has 0 saturated heterocycles. The van der Waals surface area contributed by atoms with E-state index >= 15 is 0 Å². The van der Waals surface area contributed by atoms with Gasteiger partial charge in [0.05, 0.1) is 43.2 Å². The number of pyridine rings is 2. The van der Waals surface area contributed by atoms with Crippen LogP contribution in [0, 0.1) is 20.2 Å². The lowest BCUT2D eigenvalue weighted by Gasteiger charge is -2.24. The van der Waals surface area contributed by atoms with Crippen molar-refractivity contribution in [1.29, 1.82) is 0 Å². The zero-order valence-electron chi connectivity index (χ0n) is 32.7. The minimum Gasteiger partial charge on any atom is -0.488 e. The fourth-order valence-electron chi connectivity index (χ4n) is 5.55. The SMILES string of the molecule is CCNc1nc(OC(CCOCCC(Oc2ccc([N+](=O)[O-])c(NCC)n2)c2c(Cl)cc(OCC=C(Cl)Cl)c(Cl)c2Cl)c2c(Cl)cc(OCC=C(Cl)Cl)c(Cl)c2Cl)ccc1[N+](=O)[O-]. The Kier molecular flexibility index (Phi) is 21.1. The second-order valence-electron chi connectivity index (χ2n) is 12.4. The smallest absolute Gasteiger partial charge is 0.311 e. The first kappa shape index (κ1) is 52.3. The average molecular weight is 1070 g/mol. The zero-order chi connectivity index (χ0) is 46.4. The second-order valence-corrected chi connectivity index (χ2v) is 16.8. The molecule has 25 heteroatoms. The largest absolute Gasteiger partial charge is 0.488 e. The number of ether oxygens (including phenoxy) is 5. The summed E-state index contributed by atoms with van der Waals surface area (Å²) in [4.78, 5) is 30.8. The first-order chi connectivity index (χ1) is 30.0. The topological polar surface area (TPSA) is 182 Å². The van der Waals surface area contributed by atoms with Crippen LogP contribution in [-0.2, 0) is 4.74 Å². The summed E-state index contributed by atoms with van der Waals surface area (Å²) in [6, 6.07) is 7.99. The summed E-state index contributed by atoms with van der Waals surface area (Å²) >= 11 is 63.3. The van der Waals surface area contributed by atoms with Gasteiger partial charge in [0.1, 0.15) is 55.9 Å². The van der Waals surface area contributed by atoms with Crippen molar-refractivity contribution in [3.63, 3.8) is 0 Å². The predicted octanol–water partition coefficient (Wildman–Crippen LogP) is 14.2. The third-order valence-corrected chi connectivity index (χ3v) is 11.2. The fourth-order valence-corrected chi connectivity index (χ4v) is 7.59. The van der Waals surface area contributed by atoms with E-state index in [1.54, 1.807) is 13.8 Å². The minimum atomic E-state index is -1.00. The maximum atomic E-state index is 11.7. The van der Waals surface area contributed by atoms with Gasteiger partial charge in [-0.3, -0.25) is 20.2 Å². The summed E-state index contributed by atoms with van der Waals surface area (Å²) < 4.78 is 29.9. The normalized spacial score (nSPS) is 11.9. The summed E-state index contributed by atoms with van der Waals surface area (Å²) in [7, 11) is 0. The van der Waals surface area contributed by atoms with Crippen LogP contribution in [0.4, 0.5) is 23.0 Å². The number of hydrogen-bond acceptors (Lipinski definition) is 13. The lowest BCUT2D eigenvalue weighted by atomic mass is 10.1. The van der Waals surface area contributed by atoms with E-state index in [1.807, 2.05) is 0 Å². The molecule has 0 amide bonds. The third-order valence-electron chi connectivity index (χ3n) is 8.27. The van der Waals surface area contributed by atoms with Gasteiger partial charge in [0, 0.05) is 73.5 Å². The van der Waals surface area contributed by atoms with Crippen molar-refractivity contribution in [2.24, 2.45) is 0 Å². The van der Waals surface area contributed by atoms with Crippen molar-refractivity contribution in [2.45, 2.75) is 38.9 Å². The highest BCUT2D eigenvalue weighted by Crippen LogP contribution is 2.46. The van der Waals surface area contributed by atoms with E-state index in [-0.39, 0.29) is 136 Å². The standard InChI is InChI=1S/C38H34Cl10N6O9/c1-3-49-37-21(53(55)56)5-7-29(51-37)62-23(31-19(39)17-25(33(45)35(31)47)60-15-11-27(41)42)9-13-59-14-10-24(63-30-8-6-22(54(57)58)38(52-30)50-4-2)32-20(40)18-26(34(46)36(32)48)61-16-12-28(43)44/h5-8,11-12,17-18,23-24H,3-4,9-10,13-16H2,1-2H3,(H,49,51)(H,50,52). The summed E-state index contributed by atoms with van der Waals surface area (Å²) in [6.45, 7) is 4.03. The fraction of sp³-hybridized carbons (Fsp3) is 0.316. The van der Waals surface area contributed by atoms with Crippen LogP contribution in [0.3, 0.4) is 0 Å². The van der Waals surface area contributed by atoms with Crippen molar-refractivity contribution < 1.29 is 33.5 Å². The maximum Gasteiger partial charge on any atom is 0.311 e. The van der Waals surface area contributed by atoms with Crippen LogP contribution >= 0.6 is 116 Å². The van der Waals surface area contributed by atoms with Gasteiger partial charge in [-0.15, -0.1) is 0 Å².